The Kier molecular flexibility index (Phi) is 5.72. The normalized spacial score (nSPS) is 11.2. The lowest BCUT2D eigenvalue weighted by Gasteiger charge is -2.07. The topological polar surface area (TPSA) is 71.2 Å². The number of nitrogens with one attached hydrogen (secondary N) is 2. The van der Waals surface area contributed by atoms with Gasteiger partial charge in [-0.25, -0.2) is 0 Å². The van der Waals surface area contributed by atoms with E-state index in [1.807, 2.05) is 0 Å². The molecule has 1 amide bonds. The molecule has 5 nitrogen and oxygen atoms in total. The number of carbonyl (C=O) groups is 2. The van der Waals surface area contributed by atoms with Crippen LogP contribution in [0.4, 0.5) is 13.2 Å². The van der Waals surface area contributed by atoms with Gasteiger partial charge < -0.3 is 15.0 Å². The number of ketones is 1. The zero-order valence-electron chi connectivity index (χ0n) is 15.3. The number of benzene rings is 2. The Bertz CT molecular complexity index is 1020. The van der Waals surface area contributed by atoms with Crippen molar-refractivity contribution in [1.82, 2.24) is 10.3 Å². The van der Waals surface area contributed by atoms with E-state index in [1.165, 1.54) is 24.4 Å². The van der Waals surface area contributed by atoms with Gasteiger partial charge in [0.05, 0.1) is 12.7 Å². The number of alkyl halides is 3. The molecule has 29 heavy (non-hydrogen) atoms. The van der Waals surface area contributed by atoms with Crippen LogP contribution in [-0.2, 0) is 12.7 Å². The summed E-state index contributed by atoms with van der Waals surface area (Å²) in [4.78, 5) is 27.4. The molecular formula is C21H17F3N2O3. The molecule has 0 aliphatic rings. The van der Waals surface area contributed by atoms with Crippen molar-refractivity contribution in [2.75, 3.05) is 7.11 Å². The van der Waals surface area contributed by atoms with Gasteiger partial charge in [-0.2, -0.15) is 13.2 Å². The van der Waals surface area contributed by atoms with Gasteiger partial charge >= 0.3 is 6.18 Å². The van der Waals surface area contributed by atoms with Crippen LogP contribution in [0.5, 0.6) is 5.75 Å². The average molecular weight is 402 g/mol. The molecule has 0 atom stereocenters. The number of H-pyrrole nitrogens is 1. The Labute approximate surface area is 164 Å². The molecule has 150 valence electrons. The van der Waals surface area contributed by atoms with Crippen molar-refractivity contribution in [2.24, 2.45) is 0 Å². The second kappa shape index (κ2) is 8.22. The van der Waals surface area contributed by atoms with E-state index in [0.29, 0.717) is 5.75 Å². The van der Waals surface area contributed by atoms with E-state index in [1.54, 1.807) is 31.4 Å². The zero-order chi connectivity index (χ0) is 21.0. The molecule has 0 saturated carbocycles. The van der Waals surface area contributed by atoms with Gasteiger partial charge in [-0.15, -0.1) is 0 Å². The van der Waals surface area contributed by atoms with Gasteiger partial charge in [-0.05, 0) is 35.9 Å². The van der Waals surface area contributed by atoms with Crippen LogP contribution in [0.15, 0.2) is 60.8 Å². The zero-order valence-corrected chi connectivity index (χ0v) is 15.3. The number of hydrogen-bond acceptors (Lipinski definition) is 3. The molecule has 8 heteroatoms. The molecule has 2 aromatic carbocycles. The van der Waals surface area contributed by atoms with Crippen LogP contribution in [0.2, 0.25) is 0 Å². The second-order valence-corrected chi connectivity index (χ2v) is 6.24. The molecule has 0 aliphatic carbocycles. The van der Waals surface area contributed by atoms with E-state index in [9.17, 15) is 22.8 Å². The predicted octanol–water partition coefficient (Wildman–Crippen LogP) is 4.20. The molecule has 0 unspecified atom stereocenters. The minimum Gasteiger partial charge on any atom is -0.497 e. The van der Waals surface area contributed by atoms with Gasteiger partial charge in [0, 0.05) is 23.9 Å². The van der Waals surface area contributed by atoms with Crippen LogP contribution in [0.25, 0.3) is 0 Å². The third-order valence-corrected chi connectivity index (χ3v) is 4.25. The maximum Gasteiger partial charge on any atom is 0.416 e. The monoisotopic (exact) mass is 402 g/mol. The molecule has 1 aromatic heterocycles. The van der Waals surface area contributed by atoms with E-state index in [4.69, 9.17) is 4.74 Å². The molecule has 0 bridgehead atoms. The fraction of sp³-hybridized carbons (Fsp3) is 0.143. The summed E-state index contributed by atoms with van der Waals surface area (Å²) in [5.41, 5.74) is 0.0686. The van der Waals surface area contributed by atoms with Crippen molar-refractivity contribution in [3.8, 4) is 5.75 Å². The first kappa shape index (κ1) is 20.2. The van der Waals surface area contributed by atoms with Gasteiger partial charge in [-0.1, -0.05) is 24.3 Å². The number of halogens is 3. The van der Waals surface area contributed by atoms with E-state index in [2.05, 4.69) is 10.3 Å². The van der Waals surface area contributed by atoms with Crippen LogP contribution in [0.1, 0.15) is 37.5 Å². The minimum absolute atomic E-state index is 0.0962. The number of rotatable bonds is 6. The maximum atomic E-state index is 12.8. The summed E-state index contributed by atoms with van der Waals surface area (Å²) >= 11 is 0. The van der Waals surface area contributed by atoms with Gasteiger partial charge in [0.15, 0.2) is 5.78 Å². The number of aromatic nitrogens is 1. The Balaban J connectivity index is 1.68. The lowest BCUT2D eigenvalue weighted by Crippen LogP contribution is -2.23. The summed E-state index contributed by atoms with van der Waals surface area (Å²) in [6.07, 6.45) is -3.24. The first-order chi connectivity index (χ1) is 13.8. The van der Waals surface area contributed by atoms with Crippen molar-refractivity contribution in [3.05, 3.63) is 88.7 Å². The fourth-order valence-electron chi connectivity index (χ4n) is 2.68. The highest BCUT2D eigenvalue weighted by molar-refractivity contribution is 6.10. The van der Waals surface area contributed by atoms with E-state index < -0.39 is 23.4 Å². The van der Waals surface area contributed by atoms with Crippen LogP contribution in [0.3, 0.4) is 0 Å². The maximum absolute atomic E-state index is 12.8. The summed E-state index contributed by atoms with van der Waals surface area (Å²) in [6, 6.07) is 12.6. The lowest BCUT2D eigenvalue weighted by atomic mass is 10.0. The molecule has 0 saturated heterocycles. The van der Waals surface area contributed by atoms with Crippen LogP contribution in [-0.4, -0.2) is 23.8 Å². The van der Waals surface area contributed by atoms with E-state index in [0.717, 1.165) is 17.7 Å². The molecular weight excluding hydrogens is 385 g/mol. The molecule has 0 radical (unpaired) electrons. The Morgan fingerprint density at radius 2 is 1.76 bits per heavy atom. The van der Waals surface area contributed by atoms with E-state index >= 15 is 0 Å². The molecule has 2 N–H and O–H groups in total. The summed E-state index contributed by atoms with van der Waals surface area (Å²) in [6.45, 7) is 0.263. The lowest BCUT2D eigenvalue weighted by molar-refractivity contribution is -0.137. The van der Waals surface area contributed by atoms with E-state index in [-0.39, 0.29) is 23.4 Å². The Morgan fingerprint density at radius 3 is 2.41 bits per heavy atom. The summed E-state index contributed by atoms with van der Waals surface area (Å²) in [7, 11) is 1.56. The number of carbonyl (C=O) groups excluding carboxylic acids is 2. The van der Waals surface area contributed by atoms with Gasteiger partial charge in [-0.3, -0.25) is 9.59 Å². The highest BCUT2D eigenvalue weighted by Crippen LogP contribution is 2.30. The van der Waals surface area contributed by atoms with Crippen LogP contribution >= 0.6 is 0 Å². The first-order valence-electron chi connectivity index (χ1n) is 8.59. The summed E-state index contributed by atoms with van der Waals surface area (Å²) in [5.74, 6) is -0.354. The van der Waals surface area contributed by atoms with Crippen molar-refractivity contribution >= 4 is 11.7 Å². The number of methoxy groups -OCH3 is 1. The van der Waals surface area contributed by atoms with Gasteiger partial charge in [0.25, 0.3) is 5.91 Å². The number of hydrogen-bond donors (Lipinski definition) is 2. The summed E-state index contributed by atoms with van der Waals surface area (Å²) < 4.78 is 43.6. The summed E-state index contributed by atoms with van der Waals surface area (Å²) in [5, 5.41) is 2.70. The largest absolute Gasteiger partial charge is 0.497 e. The minimum atomic E-state index is -4.54. The Hall–Kier alpha value is -3.55. The number of aromatic amines is 1. The van der Waals surface area contributed by atoms with Gasteiger partial charge in [0.2, 0.25) is 0 Å². The highest BCUT2D eigenvalue weighted by Gasteiger charge is 2.31. The molecule has 0 spiro atoms. The molecule has 0 aliphatic heterocycles. The third-order valence-electron chi connectivity index (χ3n) is 4.25. The average Bonchev–Trinajstić information content (AvgIpc) is 3.21. The second-order valence-electron chi connectivity index (χ2n) is 6.24. The van der Waals surface area contributed by atoms with Gasteiger partial charge in [0.1, 0.15) is 11.4 Å². The van der Waals surface area contributed by atoms with Crippen LogP contribution < -0.4 is 10.1 Å². The smallest absolute Gasteiger partial charge is 0.416 e. The van der Waals surface area contributed by atoms with Crippen molar-refractivity contribution < 1.29 is 27.5 Å². The molecule has 3 rings (SSSR count). The molecule has 0 fully saturated rings. The van der Waals surface area contributed by atoms with Crippen LogP contribution in [0, 0.1) is 0 Å². The standard InChI is InChI=1S/C21H17F3N2O3/c1-29-17-7-5-13(6-8-17)11-26-20(28)18-10-15(12-25-18)19(27)14-3-2-4-16(9-14)21(22,23)24/h2-10,12,25H,11H2,1H3,(H,26,28). The highest BCUT2D eigenvalue weighted by atomic mass is 19.4. The SMILES string of the molecule is COc1ccc(CNC(=O)c2cc(C(=O)c3cccc(C(F)(F)F)c3)c[nH]2)cc1. The number of amides is 1. The Morgan fingerprint density at radius 1 is 1.03 bits per heavy atom. The quantitative estimate of drug-likeness (QED) is 0.607. The first-order valence-corrected chi connectivity index (χ1v) is 8.59. The third kappa shape index (κ3) is 4.84. The van der Waals surface area contributed by atoms with Crippen molar-refractivity contribution in [1.29, 1.82) is 0 Å². The van der Waals surface area contributed by atoms with Crippen molar-refractivity contribution in [3.63, 3.8) is 0 Å². The van der Waals surface area contributed by atoms with Crippen molar-refractivity contribution in [2.45, 2.75) is 12.7 Å². The predicted molar refractivity (Wildman–Crippen MR) is 99.8 cm³/mol. The molecule has 1 heterocycles. The fourth-order valence-corrected chi connectivity index (χ4v) is 2.68. The number of ether oxygens (including phenoxy) is 1. The molecule has 3 aromatic rings.